The molecular formula is C50H66O6. The summed E-state index contributed by atoms with van der Waals surface area (Å²) in [4.78, 5) is 56.0. The van der Waals surface area contributed by atoms with Gasteiger partial charge in [0.2, 0.25) is 0 Å². The van der Waals surface area contributed by atoms with Crippen molar-refractivity contribution in [2.24, 2.45) is 46.3 Å². The van der Waals surface area contributed by atoms with Crippen LogP contribution in [-0.4, -0.2) is 35.8 Å². The van der Waals surface area contributed by atoms with Crippen LogP contribution in [0.25, 0.3) is 16.3 Å². The number of Topliss-reactive ketones (excluding diaryl/α,β-unsaturated/α-hetero) is 4. The molecule has 302 valence electrons. The van der Waals surface area contributed by atoms with Crippen molar-refractivity contribution in [2.75, 3.05) is 6.61 Å². The van der Waals surface area contributed by atoms with Crippen LogP contribution in [0.1, 0.15) is 137 Å². The average Bonchev–Trinajstić information content (AvgIpc) is 3.54. The van der Waals surface area contributed by atoms with Gasteiger partial charge in [-0.3, -0.25) is 19.2 Å². The van der Waals surface area contributed by atoms with E-state index in [-0.39, 0.29) is 41.9 Å². The molecule has 4 aliphatic rings. The first-order valence-electron chi connectivity index (χ1n) is 21.5. The fraction of sp³-hybridized carbons (Fsp3) is 0.600. The van der Waals surface area contributed by atoms with Crippen molar-refractivity contribution in [1.29, 1.82) is 0 Å². The predicted octanol–water partition coefficient (Wildman–Crippen LogP) is 11.6. The Labute approximate surface area is 335 Å². The summed E-state index contributed by atoms with van der Waals surface area (Å²) in [6.07, 6.45) is 14.7. The Morgan fingerprint density at radius 2 is 1.71 bits per heavy atom. The van der Waals surface area contributed by atoms with E-state index < -0.39 is 34.7 Å². The summed E-state index contributed by atoms with van der Waals surface area (Å²) < 4.78 is 13.0. The molecule has 0 aliphatic heterocycles. The number of hydrogen-bond donors (Lipinski definition) is 0. The van der Waals surface area contributed by atoms with Crippen LogP contribution in [0.15, 0.2) is 54.6 Å². The lowest BCUT2D eigenvalue weighted by atomic mass is 9.69. The molecule has 6 unspecified atom stereocenters. The fourth-order valence-corrected chi connectivity index (χ4v) is 10.2. The highest BCUT2D eigenvalue weighted by molar-refractivity contribution is 5.98. The lowest BCUT2D eigenvalue weighted by Gasteiger charge is -2.33. The van der Waals surface area contributed by atoms with Gasteiger partial charge >= 0.3 is 0 Å². The van der Waals surface area contributed by atoms with Crippen molar-refractivity contribution < 1.29 is 28.7 Å². The second-order valence-corrected chi connectivity index (χ2v) is 19.2. The zero-order valence-corrected chi connectivity index (χ0v) is 35.4. The van der Waals surface area contributed by atoms with Crippen molar-refractivity contribution >= 4 is 39.5 Å². The number of ketones is 4. The summed E-state index contributed by atoms with van der Waals surface area (Å²) in [7, 11) is 0. The van der Waals surface area contributed by atoms with E-state index in [0.717, 1.165) is 59.1 Å². The van der Waals surface area contributed by atoms with Crippen LogP contribution in [0.3, 0.4) is 0 Å². The molecule has 4 aliphatic carbocycles. The Hall–Kier alpha value is -3.80. The van der Waals surface area contributed by atoms with Gasteiger partial charge in [-0.05, 0) is 122 Å². The number of ether oxygens (including phenoxy) is 2. The molecular weight excluding hydrogens is 697 g/mol. The lowest BCUT2D eigenvalue weighted by molar-refractivity contribution is -0.139. The second-order valence-electron chi connectivity index (χ2n) is 19.2. The van der Waals surface area contributed by atoms with E-state index >= 15 is 0 Å². The highest BCUT2D eigenvalue weighted by Crippen LogP contribution is 2.58. The maximum absolute atomic E-state index is 14.9. The van der Waals surface area contributed by atoms with Gasteiger partial charge in [0.05, 0.1) is 6.61 Å². The van der Waals surface area contributed by atoms with Crippen LogP contribution in [0.2, 0.25) is 0 Å². The third kappa shape index (κ3) is 9.00. The molecule has 3 saturated carbocycles. The first-order valence-corrected chi connectivity index (χ1v) is 21.5. The van der Waals surface area contributed by atoms with Crippen molar-refractivity contribution in [3.05, 3.63) is 65.8 Å². The molecule has 6 nitrogen and oxygen atoms in total. The SMILES string of the molecule is C=CC1CC1(CC(=O)C1CC(Oc2cc(C3=CCC(CC(C)C)=C3)cc3c(C)c(OCC)ccc23)CC1C(=O)C(CC(=O)CC1CCCC1)C(C)(C)C)C(C)=O. The molecule has 6 heteroatoms. The van der Waals surface area contributed by atoms with Gasteiger partial charge in [-0.1, -0.05) is 84.1 Å². The van der Waals surface area contributed by atoms with E-state index in [9.17, 15) is 19.2 Å². The van der Waals surface area contributed by atoms with E-state index in [1.165, 1.54) is 24.0 Å². The molecule has 0 N–H and O–H groups in total. The van der Waals surface area contributed by atoms with Gasteiger partial charge in [0, 0.05) is 47.8 Å². The second kappa shape index (κ2) is 17.0. The van der Waals surface area contributed by atoms with Crippen LogP contribution in [-0.2, 0) is 19.2 Å². The van der Waals surface area contributed by atoms with E-state index in [4.69, 9.17) is 9.47 Å². The Morgan fingerprint density at radius 3 is 2.34 bits per heavy atom. The summed E-state index contributed by atoms with van der Waals surface area (Å²) in [5.41, 5.74) is 3.51. The molecule has 2 aromatic rings. The van der Waals surface area contributed by atoms with E-state index in [1.54, 1.807) is 13.0 Å². The molecule has 0 spiro atoms. The van der Waals surface area contributed by atoms with Crippen LogP contribution >= 0.6 is 0 Å². The van der Waals surface area contributed by atoms with E-state index in [1.807, 2.05) is 33.8 Å². The fourth-order valence-electron chi connectivity index (χ4n) is 10.2. The highest BCUT2D eigenvalue weighted by Gasteiger charge is 2.59. The number of aryl methyl sites for hydroxylation is 1. The molecule has 0 amide bonds. The standard InChI is InChI=1S/C50H66O6/c1-10-37-28-50(37,32(6)51)29-45(53)42-26-39(27-43(42)48(54)44(49(7,8)9)25-38(52)22-33-14-12-13-15-33)56-47-24-36(35-17-16-34(21-35)20-30(3)4)23-41-31(5)46(55-11-2)19-18-40(41)47/h10,17-19,21,23-24,30,33,37,39,42-44H,1,11-16,20,22,25-29H2,2-9H3. The Bertz CT molecular complexity index is 1910. The topological polar surface area (TPSA) is 86.7 Å². The van der Waals surface area contributed by atoms with Crippen molar-refractivity contribution in [2.45, 2.75) is 139 Å². The molecule has 0 heterocycles. The van der Waals surface area contributed by atoms with Gasteiger partial charge in [0.15, 0.2) is 0 Å². The average molecular weight is 763 g/mol. The van der Waals surface area contributed by atoms with Crippen LogP contribution in [0.4, 0.5) is 0 Å². The smallest absolute Gasteiger partial charge is 0.140 e. The molecule has 0 aromatic heterocycles. The molecule has 6 rings (SSSR count). The summed E-state index contributed by atoms with van der Waals surface area (Å²) in [5.74, 6) is 0.924. The summed E-state index contributed by atoms with van der Waals surface area (Å²) in [5, 5.41) is 2.01. The number of hydrogen-bond acceptors (Lipinski definition) is 6. The van der Waals surface area contributed by atoms with Crippen molar-refractivity contribution in [3.8, 4) is 11.5 Å². The van der Waals surface area contributed by atoms with Crippen molar-refractivity contribution in [1.82, 2.24) is 0 Å². The summed E-state index contributed by atoms with van der Waals surface area (Å²) >= 11 is 0. The van der Waals surface area contributed by atoms with Gasteiger partial charge in [-0.25, -0.2) is 0 Å². The van der Waals surface area contributed by atoms with Crippen LogP contribution in [0.5, 0.6) is 11.5 Å². The summed E-state index contributed by atoms with van der Waals surface area (Å²) in [6, 6.07) is 8.41. The third-order valence-corrected chi connectivity index (χ3v) is 13.6. The Morgan fingerprint density at radius 1 is 1.00 bits per heavy atom. The van der Waals surface area contributed by atoms with Gasteiger partial charge in [-0.2, -0.15) is 0 Å². The van der Waals surface area contributed by atoms with Crippen LogP contribution < -0.4 is 9.47 Å². The molecule has 0 saturated heterocycles. The first-order chi connectivity index (χ1) is 26.5. The molecule has 0 radical (unpaired) electrons. The van der Waals surface area contributed by atoms with E-state index in [2.05, 4.69) is 57.7 Å². The van der Waals surface area contributed by atoms with E-state index in [0.29, 0.717) is 44.1 Å². The molecule has 2 aromatic carbocycles. The van der Waals surface area contributed by atoms with Gasteiger partial charge in [-0.15, -0.1) is 6.58 Å². The number of rotatable bonds is 18. The minimum absolute atomic E-state index is 0.00592. The Kier molecular flexibility index (Phi) is 12.7. The predicted molar refractivity (Wildman–Crippen MR) is 226 cm³/mol. The first kappa shape index (κ1) is 41.8. The molecule has 0 bridgehead atoms. The van der Waals surface area contributed by atoms with Crippen LogP contribution in [0, 0.1) is 53.3 Å². The van der Waals surface area contributed by atoms with Crippen molar-refractivity contribution in [3.63, 3.8) is 0 Å². The molecule has 56 heavy (non-hydrogen) atoms. The summed E-state index contributed by atoms with van der Waals surface area (Å²) in [6.45, 7) is 20.8. The van der Waals surface area contributed by atoms with Gasteiger partial charge in [0.1, 0.15) is 40.7 Å². The highest BCUT2D eigenvalue weighted by atomic mass is 16.5. The minimum Gasteiger partial charge on any atom is -0.494 e. The number of allylic oxidation sites excluding steroid dienone is 5. The molecule has 3 fully saturated rings. The molecule has 6 atom stereocenters. The maximum Gasteiger partial charge on any atom is 0.140 e. The number of carbonyl (C=O) groups is 4. The third-order valence-electron chi connectivity index (χ3n) is 13.6. The van der Waals surface area contributed by atoms with Gasteiger partial charge < -0.3 is 9.47 Å². The lowest BCUT2D eigenvalue weighted by Crippen LogP contribution is -2.38. The Balaban J connectivity index is 1.34. The number of benzene rings is 2. The monoisotopic (exact) mass is 762 g/mol. The quantitative estimate of drug-likeness (QED) is 0.141. The minimum atomic E-state index is -0.733. The largest absolute Gasteiger partial charge is 0.494 e. The number of carbonyl (C=O) groups excluding carboxylic acids is 4. The zero-order valence-electron chi connectivity index (χ0n) is 35.4. The van der Waals surface area contributed by atoms with Gasteiger partial charge in [0.25, 0.3) is 0 Å². The number of fused-ring (bicyclic) bond motifs is 1. The maximum atomic E-state index is 14.9. The zero-order chi connectivity index (χ0) is 40.5. The normalized spacial score (nSPS) is 25.6.